The Bertz CT molecular complexity index is 423. The van der Waals surface area contributed by atoms with E-state index in [1.54, 1.807) is 6.07 Å². The summed E-state index contributed by atoms with van der Waals surface area (Å²) in [6, 6.07) is 2.16. The van der Waals surface area contributed by atoms with Gasteiger partial charge in [-0.1, -0.05) is 11.8 Å². The fraction of sp³-hybridized carbons (Fsp3) is 0.364. The van der Waals surface area contributed by atoms with Crippen LogP contribution >= 0.6 is 11.3 Å². The molecule has 0 radical (unpaired) electrons. The summed E-state index contributed by atoms with van der Waals surface area (Å²) >= 11 is 1.38. The zero-order chi connectivity index (χ0) is 10.7. The van der Waals surface area contributed by atoms with Crippen LogP contribution in [0.2, 0.25) is 0 Å². The van der Waals surface area contributed by atoms with E-state index in [9.17, 15) is 4.79 Å². The first-order valence-electron chi connectivity index (χ1n) is 4.79. The van der Waals surface area contributed by atoms with Crippen molar-refractivity contribution in [3.8, 4) is 11.8 Å². The van der Waals surface area contributed by atoms with Crippen LogP contribution in [0.15, 0.2) is 11.4 Å². The van der Waals surface area contributed by atoms with Gasteiger partial charge >= 0.3 is 0 Å². The average Bonchev–Trinajstić information content (AvgIpc) is 2.91. The van der Waals surface area contributed by atoms with Crippen molar-refractivity contribution in [3.05, 3.63) is 21.9 Å². The quantitative estimate of drug-likeness (QED) is 0.731. The summed E-state index contributed by atoms with van der Waals surface area (Å²) in [7, 11) is 0. The van der Waals surface area contributed by atoms with Gasteiger partial charge in [-0.15, -0.1) is 11.3 Å². The van der Waals surface area contributed by atoms with Crippen molar-refractivity contribution in [2.24, 2.45) is 0 Å². The maximum atomic E-state index is 11.7. The molecule has 0 unspecified atom stereocenters. The van der Waals surface area contributed by atoms with E-state index in [1.165, 1.54) is 11.3 Å². The summed E-state index contributed by atoms with van der Waals surface area (Å²) in [5, 5.41) is 13.3. The Balaban J connectivity index is 2.11. The van der Waals surface area contributed by atoms with Crippen molar-refractivity contribution in [1.82, 2.24) is 5.32 Å². The maximum Gasteiger partial charge on any atom is 0.262 e. The van der Waals surface area contributed by atoms with E-state index in [0.717, 1.165) is 12.8 Å². The van der Waals surface area contributed by atoms with Crippen molar-refractivity contribution in [2.45, 2.75) is 18.9 Å². The Morgan fingerprint density at radius 2 is 2.47 bits per heavy atom. The third kappa shape index (κ3) is 2.58. The first-order valence-corrected chi connectivity index (χ1v) is 5.67. The predicted octanol–water partition coefficient (Wildman–Crippen LogP) is 0.984. The highest BCUT2D eigenvalue weighted by atomic mass is 32.1. The second-order valence-corrected chi connectivity index (χ2v) is 4.29. The van der Waals surface area contributed by atoms with E-state index in [1.807, 2.05) is 5.38 Å². The number of hydrogen-bond acceptors (Lipinski definition) is 3. The maximum absolute atomic E-state index is 11.7. The molecule has 1 heterocycles. The molecular weight excluding hydrogens is 210 g/mol. The molecule has 0 aliphatic heterocycles. The molecule has 78 valence electrons. The molecule has 0 bridgehead atoms. The lowest BCUT2D eigenvalue weighted by molar-refractivity contribution is 0.0955. The molecule has 0 atom stereocenters. The number of rotatable bonds is 2. The molecule has 1 aliphatic rings. The molecule has 0 spiro atoms. The number of thiophene rings is 1. The summed E-state index contributed by atoms with van der Waals surface area (Å²) in [5.41, 5.74) is 0.701. The van der Waals surface area contributed by atoms with E-state index in [-0.39, 0.29) is 12.5 Å². The molecule has 1 saturated carbocycles. The van der Waals surface area contributed by atoms with Gasteiger partial charge in [-0.2, -0.15) is 0 Å². The van der Waals surface area contributed by atoms with Crippen LogP contribution in [-0.2, 0) is 0 Å². The molecule has 1 aliphatic carbocycles. The van der Waals surface area contributed by atoms with Crippen LogP contribution in [0.1, 0.15) is 28.1 Å². The van der Waals surface area contributed by atoms with Crippen molar-refractivity contribution >= 4 is 17.2 Å². The van der Waals surface area contributed by atoms with E-state index in [0.29, 0.717) is 16.5 Å². The third-order valence-electron chi connectivity index (χ3n) is 2.09. The van der Waals surface area contributed by atoms with Crippen LogP contribution in [0, 0.1) is 11.8 Å². The molecule has 1 aromatic rings. The Hall–Kier alpha value is -1.31. The number of nitrogens with one attached hydrogen (secondary N) is 1. The number of amides is 1. The molecular formula is C11H11NO2S. The number of carbonyl (C=O) groups excluding carboxylic acids is 1. The van der Waals surface area contributed by atoms with Gasteiger partial charge < -0.3 is 10.4 Å². The SMILES string of the molecule is O=C(NC1CC1)c1sccc1C#CCO. The van der Waals surface area contributed by atoms with Crippen molar-refractivity contribution in [2.75, 3.05) is 6.61 Å². The summed E-state index contributed by atoms with van der Waals surface area (Å²) in [5.74, 6) is 5.27. The minimum atomic E-state index is -0.181. The predicted molar refractivity (Wildman–Crippen MR) is 58.8 cm³/mol. The van der Waals surface area contributed by atoms with Gasteiger partial charge in [0, 0.05) is 11.6 Å². The lowest BCUT2D eigenvalue weighted by Crippen LogP contribution is -2.25. The average molecular weight is 221 g/mol. The summed E-state index contributed by atoms with van der Waals surface area (Å²) in [6.07, 6.45) is 2.16. The van der Waals surface area contributed by atoms with E-state index < -0.39 is 0 Å². The molecule has 1 amide bonds. The molecule has 1 aromatic heterocycles. The molecule has 3 nitrogen and oxygen atoms in total. The first-order chi connectivity index (χ1) is 7.31. The fourth-order valence-corrected chi connectivity index (χ4v) is 1.95. The molecule has 1 fully saturated rings. The zero-order valence-electron chi connectivity index (χ0n) is 8.12. The molecule has 0 aromatic carbocycles. The van der Waals surface area contributed by atoms with Crippen LogP contribution in [0.25, 0.3) is 0 Å². The molecule has 15 heavy (non-hydrogen) atoms. The van der Waals surface area contributed by atoms with E-state index in [2.05, 4.69) is 17.2 Å². The van der Waals surface area contributed by atoms with Gasteiger partial charge in [-0.3, -0.25) is 4.79 Å². The number of hydrogen-bond donors (Lipinski definition) is 2. The van der Waals surface area contributed by atoms with Gasteiger partial charge in [0.05, 0.1) is 0 Å². The smallest absolute Gasteiger partial charge is 0.262 e. The van der Waals surface area contributed by atoms with Crippen molar-refractivity contribution < 1.29 is 9.90 Å². The lowest BCUT2D eigenvalue weighted by Gasteiger charge is -2.00. The summed E-state index contributed by atoms with van der Waals surface area (Å²) < 4.78 is 0. The normalized spacial score (nSPS) is 14.2. The van der Waals surface area contributed by atoms with Crippen molar-refractivity contribution in [1.29, 1.82) is 0 Å². The third-order valence-corrected chi connectivity index (χ3v) is 3.00. The first kappa shape index (κ1) is 10.2. The number of aliphatic hydroxyl groups is 1. The fourth-order valence-electron chi connectivity index (χ4n) is 1.20. The topological polar surface area (TPSA) is 49.3 Å². The van der Waals surface area contributed by atoms with Crippen molar-refractivity contribution in [3.63, 3.8) is 0 Å². The second kappa shape index (κ2) is 4.47. The molecule has 2 N–H and O–H groups in total. The lowest BCUT2D eigenvalue weighted by atomic mass is 10.2. The van der Waals surface area contributed by atoms with Crippen LogP contribution in [-0.4, -0.2) is 23.7 Å². The van der Waals surface area contributed by atoms with Crippen LogP contribution in [0.3, 0.4) is 0 Å². The highest BCUT2D eigenvalue weighted by Crippen LogP contribution is 2.21. The van der Waals surface area contributed by atoms with Gasteiger partial charge in [0.25, 0.3) is 5.91 Å². The van der Waals surface area contributed by atoms with Gasteiger partial charge in [-0.25, -0.2) is 0 Å². The van der Waals surface area contributed by atoms with Crippen LogP contribution in [0.4, 0.5) is 0 Å². The van der Waals surface area contributed by atoms with Gasteiger partial charge in [0.15, 0.2) is 0 Å². The second-order valence-electron chi connectivity index (χ2n) is 3.37. The largest absolute Gasteiger partial charge is 0.384 e. The Labute approximate surface area is 92.1 Å². The monoisotopic (exact) mass is 221 g/mol. The van der Waals surface area contributed by atoms with E-state index in [4.69, 9.17) is 5.11 Å². The minimum Gasteiger partial charge on any atom is -0.384 e. The minimum absolute atomic E-state index is 0.0465. The number of aliphatic hydroxyl groups excluding tert-OH is 1. The highest BCUT2D eigenvalue weighted by Gasteiger charge is 2.25. The summed E-state index contributed by atoms with van der Waals surface area (Å²) in [4.78, 5) is 12.4. The Kier molecular flexibility index (Phi) is 3.05. The molecule has 2 rings (SSSR count). The van der Waals surface area contributed by atoms with Gasteiger partial charge in [0.2, 0.25) is 0 Å². The Morgan fingerprint density at radius 3 is 3.13 bits per heavy atom. The van der Waals surface area contributed by atoms with Crippen LogP contribution in [0.5, 0.6) is 0 Å². The standard InChI is InChI=1S/C11H11NO2S/c13-6-1-2-8-5-7-15-10(8)11(14)12-9-3-4-9/h5,7,9,13H,3-4,6H2,(H,12,14). The highest BCUT2D eigenvalue weighted by molar-refractivity contribution is 7.12. The number of carbonyl (C=O) groups is 1. The summed E-state index contributed by atoms with van der Waals surface area (Å²) in [6.45, 7) is -0.181. The van der Waals surface area contributed by atoms with Crippen LogP contribution < -0.4 is 5.32 Å². The van der Waals surface area contributed by atoms with Gasteiger partial charge in [0.1, 0.15) is 11.5 Å². The molecule has 4 heteroatoms. The van der Waals surface area contributed by atoms with Gasteiger partial charge in [-0.05, 0) is 24.3 Å². The molecule has 0 saturated heterocycles. The Morgan fingerprint density at radius 1 is 1.67 bits per heavy atom. The van der Waals surface area contributed by atoms with E-state index >= 15 is 0 Å². The zero-order valence-corrected chi connectivity index (χ0v) is 8.93.